The third kappa shape index (κ3) is 3.79. The second-order valence-corrected chi connectivity index (χ2v) is 7.65. The average molecular weight is 336 g/mol. The van der Waals surface area contributed by atoms with E-state index < -0.39 is 0 Å². The van der Waals surface area contributed by atoms with Gasteiger partial charge in [-0.1, -0.05) is 20.8 Å². The van der Waals surface area contributed by atoms with E-state index in [1.807, 2.05) is 13.1 Å². The number of nitrogens with one attached hydrogen (secondary N) is 1. The van der Waals surface area contributed by atoms with E-state index in [-0.39, 0.29) is 23.5 Å². The van der Waals surface area contributed by atoms with Crippen LogP contribution in [-0.2, 0) is 26.7 Å². The number of hydrogen-bond donors (Lipinski definition) is 1. The van der Waals surface area contributed by atoms with Gasteiger partial charge < -0.3 is 14.8 Å². The topological polar surface area (TPSA) is 68.6 Å². The van der Waals surface area contributed by atoms with Gasteiger partial charge in [-0.2, -0.15) is 5.10 Å². The highest BCUT2D eigenvalue weighted by molar-refractivity contribution is 5.91. The maximum atomic E-state index is 12.5. The number of carbonyl (C=O) groups is 1. The lowest BCUT2D eigenvalue weighted by Gasteiger charge is -2.43. The maximum absolute atomic E-state index is 12.5. The molecular weight excluding hydrogens is 308 g/mol. The van der Waals surface area contributed by atoms with Crippen LogP contribution in [0.15, 0.2) is 6.07 Å². The van der Waals surface area contributed by atoms with Crippen molar-refractivity contribution in [3.05, 3.63) is 11.8 Å². The molecule has 2 saturated heterocycles. The Morgan fingerprint density at radius 2 is 2.21 bits per heavy atom. The molecule has 1 aromatic heterocycles. The summed E-state index contributed by atoms with van der Waals surface area (Å²) in [5, 5.41) is 7.49. The van der Waals surface area contributed by atoms with Crippen LogP contribution >= 0.6 is 0 Å². The number of aryl methyl sites for hydroxylation is 1. The highest BCUT2D eigenvalue weighted by Crippen LogP contribution is 2.24. The molecule has 134 valence electrons. The molecular formula is C17H28N4O3. The van der Waals surface area contributed by atoms with Crippen LogP contribution in [0.2, 0.25) is 0 Å². The van der Waals surface area contributed by atoms with Crippen LogP contribution in [0.1, 0.15) is 32.9 Å². The predicted octanol–water partition coefficient (Wildman–Crippen LogP) is 1.15. The molecule has 0 radical (unpaired) electrons. The molecule has 2 aliphatic heterocycles. The first kappa shape index (κ1) is 17.4. The van der Waals surface area contributed by atoms with E-state index in [1.54, 1.807) is 4.68 Å². The molecule has 7 heteroatoms. The van der Waals surface area contributed by atoms with Crippen LogP contribution in [0.3, 0.4) is 0 Å². The molecule has 2 aliphatic rings. The Kier molecular flexibility index (Phi) is 4.94. The van der Waals surface area contributed by atoms with E-state index in [2.05, 4.69) is 36.1 Å². The van der Waals surface area contributed by atoms with Gasteiger partial charge in [0.05, 0.1) is 31.6 Å². The molecule has 1 amide bonds. The Bertz CT molecular complexity index is 591. The van der Waals surface area contributed by atoms with Crippen molar-refractivity contribution in [2.24, 2.45) is 7.05 Å². The number of morpholine rings is 1. The number of aromatic nitrogens is 2. The van der Waals surface area contributed by atoms with Crippen molar-refractivity contribution in [1.29, 1.82) is 0 Å². The largest absolute Gasteiger partial charge is 0.379 e. The van der Waals surface area contributed by atoms with Gasteiger partial charge in [-0.25, -0.2) is 0 Å². The van der Waals surface area contributed by atoms with Gasteiger partial charge in [0.15, 0.2) is 0 Å². The van der Waals surface area contributed by atoms with Gasteiger partial charge in [0.2, 0.25) is 5.91 Å². The molecule has 2 fully saturated rings. The number of fused-ring (bicyclic) bond motifs is 1. The quantitative estimate of drug-likeness (QED) is 0.897. The van der Waals surface area contributed by atoms with Crippen molar-refractivity contribution >= 4 is 11.7 Å². The predicted molar refractivity (Wildman–Crippen MR) is 91.1 cm³/mol. The van der Waals surface area contributed by atoms with Crippen molar-refractivity contribution in [3.63, 3.8) is 0 Å². The molecule has 3 rings (SSSR count). The zero-order chi connectivity index (χ0) is 17.3. The SMILES string of the molecule is Cn1nc(C(C)(C)C)cc1NC(=O)CN1CCO[C@@H]2COCC[C@@H]21. The molecule has 1 aromatic rings. The summed E-state index contributed by atoms with van der Waals surface area (Å²) in [5.74, 6) is 0.729. The van der Waals surface area contributed by atoms with Gasteiger partial charge in [0.25, 0.3) is 0 Å². The first-order valence-corrected chi connectivity index (χ1v) is 8.62. The monoisotopic (exact) mass is 336 g/mol. The number of anilines is 1. The van der Waals surface area contributed by atoms with Crippen LogP contribution in [0.25, 0.3) is 0 Å². The Labute approximate surface area is 143 Å². The Balaban J connectivity index is 1.62. The zero-order valence-electron chi connectivity index (χ0n) is 15.0. The van der Waals surface area contributed by atoms with Gasteiger partial charge in [-0.3, -0.25) is 14.4 Å². The molecule has 0 saturated carbocycles. The van der Waals surface area contributed by atoms with Gasteiger partial charge >= 0.3 is 0 Å². The second-order valence-electron chi connectivity index (χ2n) is 7.65. The summed E-state index contributed by atoms with van der Waals surface area (Å²) in [4.78, 5) is 14.7. The first-order chi connectivity index (χ1) is 11.3. The van der Waals surface area contributed by atoms with Crippen LogP contribution in [0.5, 0.6) is 0 Å². The first-order valence-electron chi connectivity index (χ1n) is 8.62. The molecule has 1 N–H and O–H groups in total. The van der Waals surface area contributed by atoms with Crippen molar-refractivity contribution in [2.75, 3.05) is 38.2 Å². The maximum Gasteiger partial charge on any atom is 0.239 e. The Morgan fingerprint density at radius 1 is 1.42 bits per heavy atom. The van der Waals surface area contributed by atoms with Gasteiger partial charge in [-0.05, 0) is 6.42 Å². The number of nitrogens with zero attached hydrogens (tertiary/aromatic N) is 3. The summed E-state index contributed by atoms with van der Waals surface area (Å²) in [6.45, 7) is 9.50. The van der Waals surface area contributed by atoms with Gasteiger partial charge in [0, 0.05) is 37.7 Å². The van der Waals surface area contributed by atoms with E-state index in [9.17, 15) is 4.79 Å². The van der Waals surface area contributed by atoms with E-state index in [1.165, 1.54) is 0 Å². The Hall–Kier alpha value is -1.44. The fourth-order valence-electron chi connectivity index (χ4n) is 3.28. The number of rotatable bonds is 3. The molecule has 24 heavy (non-hydrogen) atoms. The van der Waals surface area contributed by atoms with Gasteiger partial charge in [-0.15, -0.1) is 0 Å². The minimum absolute atomic E-state index is 0.00870. The molecule has 0 spiro atoms. The minimum atomic E-state index is -0.0414. The normalized spacial score (nSPS) is 25.3. The van der Waals surface area contributed by atoms with Crippen LogP contribution in [0, 0.1) is 0 Å². The molecule has 0 aromatic carbocycles. The van der Waals surface area contributed by atoms with E-state index in [4.69, 9.17) is 9.47 Å². The van der Waals surface area contributed by atoms with Crippen molar-refractivity contribution in [1.82, 2.24) is 14.7 Å². The lowest BCUT2D eigenvalue weighted by Crippen LogP contribution is -2.57. The van der Waals surface area contributed by atoms with Crippen LogP contribution in [0.4, 0.5) is 5.82 Å². The highest BCUT2D eigenvalue weighted by atomic mass is 16.5. The molecule has 3 heterocycles. The van der Waals surface area contributed by atoms with Crippen molar-refractivity contribution in [2.45, 2.75) is 44.8 Å². The lowest BCUT2D eigenvalue weighted by molar-refractivity contribution is -0.142. The standard InChI is InChI=1S/C17H28N4O3/c1-17(2,3)14-9-15(20(4)19-14)18-16(22)10-21-6-8-24-13-11-23-7-5-12(13)21/h9,12-13H,5-8,10-11H2,1-4H3,(H,18,22)/t12-,13+/m0/s1. The third-order valence-corrected chi connectivity index (χ3v) is 4.71. The fraction of sp³-hybridized carbons (Fsp3) is 0.765. The minimum Gasteiger partial charge on any atom is -0.379 e. The second kappa shape index (κ2) is 6.82. The summed E-state index contributed by atoms with van der Waals surface area (Å²) in [6, 6.07) is 2.23. The summed E-state index contributed by atoms with van der Waals surface area (Å²) in [7, 11) is 1.86. The van der Waals surface area contributed by atoms with E-state index in [0.29, 0.717) is 19.8 Å². The van der Waals surface area contributed by atoms with Crippen LogP contribution in [-0.4, -0.2) is 65.6 Å². The third-order valence-electron chi connectivity index (χ3n) is 4.71. The van der Waals surface area contributed by atoms with E-state index >= 15 is 0 Å². The number of carbonyl (C=O) groups excluding carboxylic acids is 1. The smallest absolute Gasteiger partial charge is 0.239 e. The number of ether oxygens (including phenoxy) is 2. The molecule has 0 aliphatic carbocycles. The highest BCUT2D eigenvalue weighted by Gasteiger charge is 2.35. The van der Waals surface area contributed by atoms with Crippen LogP contribution < -0.4 is 5.32 Å². The number of hydrogen-bond acceptors (Lipinski definition) is 5. The molecule has 7 nitrogen and oxygen atoms in total. The van der Waals surface area contributed by atoms with Gasteiger partial charge in [0.1, 0.15) is 5.82 Å². The summed E-state index contributed by atoms with van der Waals surface area (Å²) < 4.78 is 13.0. The van der Waals surface area contributed by atoms with E-state index in [0.717, 1.165) is 31.1 Å². The van der Waals surface area contributed by atoms with Crippen molar-refractivity contribution in [3.8, 4) is 0 Å². The summed E-state index contributed by atoms with van der Waals surface area (Å²) in [6.07, 6.45) is 1.00. The number of amides is 1. The molecule has 0 unspecified atom stereocenters. The summed E-state index contributed by atoms with van der Waals surface area (Å²) in [5.41, 5.74) is 0.927. The van der Waals surface area contributed by atoms with Crippen molar-refractivity contribution < 1.29 is 14.3 Å². The molecule has 2 atom stereocenters. The average Bonchev–Trinajstić information content (AvgIpc) is 2.89. The summed E-state index contributed by atoms with van der Waals surface area (Å²) >= 11 is 0. The fourth-order valence-corrected chi connectivity index (χ4v) is 3.28. The zero-order valence-corrected chi connectivity index (χ0v) is 15.0. The Morgan fingerprint density at radius 3 is 2.92 bits per heavy atom. The lowest BCUT2D eigenvalue weighted by atomic mass is 9.92. The molecule has 0 bridgehead atoms.